The zero-order valence-electron chi connectivity index (χ0n) is 12.8. The molecular formula is C19H20ClNO2. The molecule has 0 aliphatic heterocycles. The summed E-state index contributed by atoms with van der Waals surface area (Å²) < 4.78 is 0. The first-order valence-electron chi connectivity index (χ1n) is 7.86. The van der Waals surface area contributed by atoms with Gasteiger partial charge >= 0.3 is 0 Å². The largest absolute Gasteiger partial charge is 0.396 e. The summed E-state index contributed by atoms with van der Waals surface area (Å²) in [6, 6.07) is 17.4. The first-order chi connectivity index (χ1) is 11.2. The van der Waals surface area contributed by atoms with E-state index in [0.29, 0.717) is 18.0 Å². The number of hydrogen-bond acceptors (Lipinski definition) is 2. The van der Waals surface area contributed by atoms with Gasteiger partial charge in [0.1, 0.15) is 0 Å². The van der Waals surface area contributed by atoms with Crippen LogP contribution in [0.1, 0.15) is 17.5 Å². The Bertz CT molecular complexity index is 672. The molecular weight excluding hydrogens is 310 g/mol. The summed E-state index contributed by atoms with van der Waals surface area (Å²) in [5, 5.41) is 13.2. The van der Waals surface area contributed by atoms with E-state index in [0.717, 1.165) is 12.0 Å². The minimum absolute atomic E-state index is 0.00481. The lowest BCUT2D eigenvalue weighted by Crippen LogP contribution is -2.37. The van der Waals surface area contributed by atoms with Crippen molar-refractivity contribution >= 4 is 17.5 Å². The van der Waals surface area contributed by atoms with Crippen molar-refractivity contribution in [2.75, 3.05) is 13.2 Å². The fourth-order valence-corrected chi connectivity index (χ4v) is 3.31. The number of benzene rings is 2. The van der Waals surface area contributed by atoms with Gasteiger partial charge in [0.05, 0.1) is 5.41 Å². The van der Waals surface area contributed by atoms with Crippen molar-refractivity contribution in [3.8, 4) is 0 Å². The van der Waals surface area contributed by atoms with Gasteiger partial charge in [0.2, 0.25) is 5.91 Å². The summed E-state index contributed by atoms with van der Waals surface area (Å²) in [4.78, 5) is 12.7. The highest BCUT2D eigenvalue weighted by atomic mass is 35.5. The van der Waals surface area contributed by atoms with Crippen molar-refractivity contribution in [1.29, 1.82) is 0 Å². The molecule has 0 bridgehead atoms. The molecule has 2 aromatic carbocycles. The molecule has 3 rings (SSSR count). The molecule has 1 fully saturated rings. The van der Waals surface area contributed by atoms with Crippen molar-refractivity contribution < 1.29 is 9.90 Å². The standard InChI is InChI=1S/C19H20ClNO2/c20-17-8-6-15(7-9-17)19(12-16(19)13-22)18(23)21-11-10-14-4-2-1-3-5-14/h1-9,16,22H,10-13H2,(H,21,23)/t16-,19+/m0/s1. The number of carbonyl (C=O) groups excluding carboxylic acids is 1. The van der Waals surface area contributed by atoms with Crippen molar-refractivity contribution in [3.63, 3.8) is 0 Å². The van der Waals surface area contributed by atoms with E-state index in [1.54, 1.807) is 12.1 Å². The maximum atomic E-state index is 12.7. The molecule has 0 aromatic heterocycles. The number of hydrogen-bond donors (Lipinski definition) is 2. The number of halogens is 1. The highest BCUT2D eigenvalue weighted by Gasteiger charge is 2.60. The van der Waals surface area contributed by atoms with E-state index < -0.39 is 5.41 Å². The van der Waals surface area contributed by atoms with Crippen LogP contribution in [0.25, 0.3) is 0 Å². The average Bonchev–Trinajstić information content (AvgIpc) is 3.32. The second kappa shape index (κ2) is 6.73. The molecule has 0 saturated heterocycles. The van der Waals surface area contributed by atoms with Gasteiger partial charge in [-0.05, 0) is 36.1 Å². The first kappa shape index (κ1) is 16.0. The van der Waals surface area contributed by atoms with Crippen LogP contribution in [0.5, 0.6) is 0 Å². The number of carbonyl (C=O) groups is 1. The summed E-state index contributed by atoms with van der Waals surface area (Å²) >= 11 is 5.93. The molecule has 0 unspecified atom stereocenters. The molecule has 1 aliphatic rings. The molecule has 2 atom stereocenters. The molecule has 1 saturated carbocycles. The van der Waals surface area contributed by atoms with Crippen LogP contribution in [-0.4, -0.2) is 24.2 Å². The Morgan fingerprint density at radius 1 is 1.17 bits per heavy atom. The van der Waals surface area contributed by atoms with E-state index in [-0.39, 0.29) is 18.4 Å². The number of amides is 1. The van der Waals surface area contributed by atoms with Crippen molar-refractivity contribution in [2.24, 2.45) is 5.92 Å². The molecule has 3 nitrogen and oxygen atoms in total. The van der Waals surface area contributed by atoms with Gasteiger partial charge in [-0.1, -0.05) is 54.1 Å². The quantitative estimate of drug-likeness (QED) is 0.856. The van der Waals surface area contributed by atoms with Gasteiger partial charge in [0.15, 0.2) is 0 Å². The molecule has 120 valence electrons. The van der Waals surface area contributed by atoms with Crippen molar-refractivity contribution in [2.45, 2.75) is 18.3 Å². The number of nitrogens with one attached hydrogen (secondary N) is 1. The second-order valence-electron chi connectivity index (χ2n) is 6.05. The van der Waals surface area contributed by atoms with Gasteiger partial charge in [-0.15, -0.1) is 0 Å². The lowest BCUT2D eigenvalue weighted by Gasteiger charge is -2.18. The highest BCUT2D eigenvalue weighted by Crippen LogP contribution is 2.54. The summed E-state index contributed by atoms with van der Waals surface area (Å²) in [7, 11) is 0. The third kappa shape index (κ3) is 3.26. The second-order valence-corrected chi connectivity index (χ2v) is 6.49. The van der Waals surface area contributed by atoms with Gasteiger partial charge < -0.3 is 10.4 Å². The average molecular weight is 330 g/mol. The van der Waals surface area contributed by atoms with E-state index in [4.69, 9.17) is 11.6 Å². The third-order valence-electron chi connectivity index (χ3n) is 4.63. The van der Waals surface area contributed by atoms with E-state index in [9.17, 15) is 9.90 Å². The molecule has 23 heavy (non-hydrogen) atoms. The Morgan fingerprint density at radius 2 is 1.87 bits per heavy atom. The van der Waals surface area contributed by atoms with Crippen LogP contribution < -0.4 is 5.32 Å². The van der Waals surface area contributed by atoms with Crippen molar-refractivity contribution in [1.82, 2.24) is 5.32 Å². The zero-order valence-corrected chi connectivity index (χ0v) is 13.6. The number of aliphatic hydroxyl groups excluding tert-OH is 1. The predicted molar refractivity (Wildman–Crippen MR) is 91.5 cm³/mol. The lowest BCUT2D eigenvalue weighted by molar-refractivity contribution is -0.124. The van der Waals surface area contributed by atoms with Gasteiger partial charge in [-0.25, -0.2) is 0 Å². The molecule has 0 radical (unpaired) electrons. The fraction of sp³-hybridized carbons (Fsp3) is 0.316. The SMILES string of the molecule is O=C(NCCc1ccccc1)[C@@]1(c2ccc(Cl)cc2)C[C@H]1CO. The van der Waals surface area contributed by atoms with Crippen LogP contribution in [0.4, 0.5) is 0 Å². The Morgan fingerprint density at radius 3 is 2.48 bits per heavy atom. The maximum Gasteiger partial charge on any atom is 0.231 e. The number of rotatable bonds is 6. The minimum atomic E-state index is -0.601. The smallest absolute Gasteiger partial charge is 0.231 e. The first-order valence-corrected chi connectivity index (χ1v) is 8.24. The third-order valence-corrected chi connectivity index (χ3v) is 4.88. The van der Waals surface area contributed by atoms with Crippen LogP contribution in [0.3, 0.4) is 0 Å². The van der Waals surface area contributed by atoms with Gasteiger partial charge in [-0.3, -0.25) is 4.79 Å². The Labute approximate surface area is 141 Å². The summed E-state index contributed by atoms with van der Waals surface area (Å²) in [5.41, 5.74) is 1.52. The Balaban J connectivity index is 1.67. The van der Waals surface area contributed by atoms with Crippen molar-refractivity contribution in [3.05, 3.63) is 70.7 Å². The highest BCUT2D eigenvalue weighted by molar-refractivity contribution is 6.30. The monoisotopic (exact) mass is 329 g/mol. The summed E-state index contributed by atoms with van der Waals surface area (Å²) in [6.45, 7) is 0.616. The molecule has 2 aromatic rings. The van der Waals surface area contributed by atoms with Gasteiger partial charge in [0, 0.05) is 24.1 Å². The predicted octanol–water partition coefficient (Wildman–Crippen LogP) is 2.95. The van der Waals surface area contributed by atoms with Crippen LogP contribution in [0, 0.1) is 5.92 Å². The zero-order chi connectivity index (χ0) is 16.3. The molecule has 0 heterocycles. The van der Waals surface area contributed by atoms with Gasteiger partial charge in [-0.2, -0.15) is 0 Å². The minimum Gasteiger partial charge on any atom is -0.396 e. The summed E-state index contributed by atoms with van der Waals surface area (Å²) in [6.07, 6.45) is 1.48. The number of aliphatic hydroxyl groups is 1. The van der Waals surface area contributed by atoms with E-state index in [1.165, 1.54) is 5.56 Å². The summed E-state index contributed by atoms with van der Waals surface area (Å²) in [5.74, 6) is -0.0183. The Kier molecular flexibility index (Phi) is 4.69. The molecule has 4 heteroatoms. The van der Waals surface area contributed by atoms with Gasteiger partial charge in [0.25, 0.3) is 0 Å². The Hall–Kier alpha value is -1.84. The molecule has 1 aliphatic carbocycles. The molecule has 2 N–H and O–H groups in total. The van der Waals surface area contributed by atoms with Crippen LogP contribution in [0.2, 0.25) is 5.02 Å². The topological polar surface area (TPSA) is 49.3 Å². The molecule has 1 amide bonds. The van der Waals surface area contributed by atoms with E-state index in [2.05, 4.69) is 17.4 Å². The van der Waals surface area contributed by atoms with Crippen LogP contribution >= 0.6 is 11.6 Å². The fourth-order valence-electron chi connectivity index (χ4n) is 3.18. The lowest BCUT2D eigenvalue weighted by atomic mass is 9.92. The van der Waals surface area contributed by atoms with Crippen LogP contribution in [0.15, 0.2) is 54.6 Å². The maximum absolute atomic E-state index is 12.7. The van der Waals surface area contributed by atoms with E-state index >= 15 is 0 Å². The normalized spacial score (nSPS) is 22.6. The van der Waals surface area contributed by atoms with E-state index in [1.807, 2.05) is 30.3 Å². The molecule has 0 spiro atoms. The van der Waals surface area contributed by atoms with Crippen LogP contribution in [-0.2, 0) is 16.6 Å².